The van der Waals surface area contributed by atoms with Crippen LogP contribution in [-0.2, 0) is 6.54 Å². The molecule has 0 saturated carbocycles. The third-order valence-corrected chi connectivity index (χ3v) is 3.40. The first-order chi connectivity index (χ1) is 9.56. The van der Waals surface area contributed by atoms with E-state index in [0.29, 0.717) is 6.04 Å². The number of nitrogens with zero attached hydrogens (tertiary/aromatic N) is 1. The van der Waals surface area contributed by atoms with Gasteiger partial charge in [0.05, 0.1) is 6.10 Å². The summed E-state index contributed by atoms with van der Waals surface area (Å²) in [5.41, 5.74) is 1.23. The fraction of sp³-hybridized carbons (Fsp3) is 0.647. The van der Waals surface area contributed by atoms with Gasteiger partial charge in [0.1, 0.15) is 5.75 Å². The Hall–Kier alpha value is -1.06. The van der Waals surface area contributed by atoms with Gasteiger partial charge in [0.2, 0.25) is 0 Å². The zero-order chi connectivity index (χ0) is 15.0. The van der Waals surface area contributed by atoms with Crippen molar-refractivity contribution < 1.29 is 4.74 Å². The van der Waals surface area contributed by atoms with Crippen molar-refractivity contribution >= 4 is 0 Å². The van der Waals surface area contributed by atoms with Crippen LogP contribution in [0.5, 0.6) is 5.75 Å². The van der Waals surface area contributed by atoms with Crippen LogP contribution in [0.15, 0.2) is 24.3 Å². The van der Waals surface area contributed by atoms with E-state index in [2.05, 4.69) is 57.0 Å². The molecule has 0 fully saturated rings. The Balaban J connectivity index is 2.52. The Morgan fingerprint density at radius 2 is 1.75 bits per heavy atom. The number of hydrogen-bond donors (Lipinski definition) is 1. The van der Waals surface area contributed by atoms with E-state index in [4.69, 9.17) is 4.74 Å². The zero-order valence-electron chi connectivity index (χ0n) is 13.6. The molecule has 0 bridgehead atoms. The van der Waals surface area contributed by atoms with Crippen LogP contribution in [0.4, 0.5) is 0 Å². The standard InChI is InChI=1S/C17H30N2O/c1-6-19(7-2)13-15(5)18-12-16-10-8-9-11-17(16)20-14(3)4/h8-11,14-15,18H,6-7,12-13H2,1-5H3. The van der Waals surface area contributed by atoms with Gasteiger partial charge in [-0.3, -0.25) is 0 Å². The van der Waals surface area contributed by atoms with Gasteiger partial charge in [0, 0.05) is 24.7 Å². The summed E-state index contributed by atoms with van der Waals surface area (Å²) in [4.78, 5) is 2.44. The van der Waals surface area contributed by atoms with Crippen LogP contribution in [0.3, 0.4) is 0 Å². The summed E-state index contributed by atoms with van der Waals surface area (Å²) in [7, 11) is 0. The summed E-state index contributed by atoms with van der Waals surface area (Å²) in [6.07, 6.45) is 0.212. The molecule has 1 unspecified atom stereocenters. The zero-order valence-corrected chi connectivity index (χ0v) is 13.6. The van der Waals surface area contributed by atoms with Gasteiger partial charge in [-0.2, -0.15) is 0 Å². The van der Waals surface area contributed by atoms with Crippen LogP contribution in [0, 0.1) is 0 Å². The van der Waals surface area contributed by atoms with Crippen molar-refractivity contribution in [1.29, 1.82) is 0 Å². The average molecular weight is 278 g/mol. The van der Waals surface area contributed by atoms with E-state index in [1.54, 1.807) is 0 Å². The number of para-hydroxylation sites is 1. The highest BCUT2D eigenvalue weighted by Crippen LogP contribution is 2.19. The molecule has 114 valence electrons. The normalized spacial score (nSPS) is 12.9. The Morgan fingerprint density at radius 3 is 2.35 bits per heavy atom. The molecular weight excluding hydrogens is 248 g/mol. The van der Waals surface area contributed by atoms with Crippen LogP contribution in [0.25, 0.3) is 0 Å². The Bertz CT molecular complexity index is 375. The largest absolute Gasteiger partial charge is 0.491 e. The minimum Gasteiger partial charge on any atom is -0.491 e. The van der Waals surface area contributed by atoms with Crippen LogP contribution in [0.1, 0.15) is 40.2 Å². The first kappa shape index (κ1) is 17.0. The second-order valence-electron chi connectivity index (χ2n) is 5.54. The summed E-state index contributed by atoms with van der Waals surface area (Å²) in [6.45, 7) is 14.9. The summed E-state index contributed by atoms with van der Waals surface area (Å²) in [5, 5.41) is 3.59. The highest BCUT2D eigenvalue weighted by atomic mass is 16.5. The smallest absolute Gasteiger partial charge is 0.124 e. The molecule has 1 aromatic carbocycles. The molecule has 1 aromatic rings. The van der Waals surface area contributed by atoms with E-state index in [-0.39, 0.29) is 6.10 Å². The fourth-order valence-electron chi connectivity index (χ4n) is 2.24. The van der Waals surface area contributed by atoms with Crippen molar-refractivity contribution in [3.8, 4) is 5.75 Å². The van der Waals surface area contributed by atoms with Gasteiger partial charge in [-0.1, -0.05) is 32.0 Å². The van der Waals surface area contributed by atoms with Gasteiger partial charge in [0.25, 0.3) is 0 Å². The van der Waals surface area contributed by atoms with E-state index in [0.717, 1.165) is 31.9 Å². The maximum absolute atomic E-state index is 5.85. The summed E-state index contributed by atoms with van der Waals surface area (Å²) in [5.74, 6) is 0.991. The summed E-state index contributed by atoms with van der Waals surface area (Å²) >= 11 is 0. The van der Waals surface area contributed by atoms with Crippen molar-refractivity contribution in [2.75, 3.05) is 19.6 Å². The van der Waals surface area contributed by atoms with E-state index in [1.807, 2.05) is 12.1 Å². The molecule has 0 radical (unpaired) electrons. The number of hydrogen-bond acceptors (Lipinski definition) is 3. The first-order valence-corrected chi connectivity index (χ1v) is 7.77. The Kier molecular flexibility index (Phi) is 7.63. The van der Waals surface area contributed by atoms with Crippen LogP contribution in [0.2, 0.25) is 0 Å². The molecule has 0 saturated heterocycles. The topological polar surface area (TPSA) is 24.5 Å². The predicted molar refractivity (Wildman–Crippen MR) is 86.3 cm³/mol. The molecule has 1 atom stereocenters. The van der Waals surface area contributed by atoms with Gasteiger partial charge in [-0.15, -0.1) is 0 Å². The lowest BCUT2D eigenvalue weighted by molar-refractivity contribution is 0.238. The maximum atomic E-state index is 5.85. The molecule has 3 nitrogen and oxygen atoms in total. The number of ether oxygens (including phenoxy) is 1. The maximum Gasteiger partial charge on any atom is 0.124 e. The number of likely N-dealkylation sites (N-methyl/N-ethyl adjacent to an activating group) is 1. The monoisotopic (exact) mass is 278 g/mol. The molecule has 0 aliphatic heterocycles. The lowest BCUT2D eigenvalue weighted by Gasteiger charge is -2.24. The fourth-order valence-corrected chi connectivity index (χ4v) is 2.24. The minimum absolute atomic E-state index is 0.212. The Morgan fingerprint density at radius 1 is 1.10 bits per heavy atom. The number of rotatable bonds is 9. The first-order valence-electron chi connectivity index (χ1n) is 7.77. The van der Waals surface area contributed by atoms with Gasteiger partial charge >= 0.3 is 0 Å². The SMILES string of the molecule is CCN(CC)CC(C)NCc1ccccc1OC(C)C. The van der Waals surface area contributed by atoms with Crippen LogP contribution >= 0.6 is 0 Å². The molecule has 1 N–H and O–H groups in total. The van der Waals surface area contributed by atoms with E-state index >= 15 is 0 Å². The third kappa shape index (κ3) is 5.93. The second-order valence-corrected chi connectivity index (χ2v) is 5.54. The van der Waals surface area contributed by atoms with Crippen molar-refractivity contribution in [3.63, 3.8) is 0 Å². The highest BCUT2D eigenvalue weighted by molar-refractivity contribution is 5.33. The Labute approximate surface area is 124 Å². The van der Waals surface area contributed by atoms with Gasteiger partial charge in [0.15, 0.2) is 0 Å². The molecule has 3 heteroatoms. The second kappa shape index (κ2) is 8.98. The van der Waals surface area contributed by atoms with E-state index in [9.17, 15) is 0 Å². The predicted octanol–water partition coefficient (Wildman–Crippen LogP) is 3.29. The molecule has 0 spiro atoms. The molecule has 0 aliphatic carbocycles. The molecule has 20 heavy (non-hydrogen) atoms. The number of nitrogens with one attached hydrogen (secondary N) is 1. The quantitative estimate of drug-likeness (QED) is 0.750. The molecule has 0 heterocycles. The van der Waals surface area contributed by atoms with Crippen molar-refractivity contribution in [2.45, 2.75) is 53.3 Å². The van der Waals surface area contributed by atoms with Crippen molar-refractivity contribution in [3.05, 3.63) is 29.8 Å². The lowest BCUT2D eigenvalue weighted by Crippen LogP contribution is -2.38. The molecular formula is C17H30N2O. The van der Waals surface area contributed by atoms with E-state index < -0.39 is 0 Å². The lowest BCUT2D eigenvalue weighted by atomic mass is 10.2. The van der Waals surface area contributed by atoms with E-state index in [1.165, 1.54) is 5.56 Å². The van der Waals surface area contributed by atoms with Crippen LogP contribution < -0.4 is 10.1 Å². The van der Waals surface area contributed by atoms with Gasteiger partial charge in [-0.25, -0.2) is 0 Å². The van der Waals surface area contributed by atoms with Crippen LogP contribution in [-0.4, -0.2) is 36.7 Å². The highest BCUT2D eigenvalue weighted by Gasteiger charge is 2.09. The minimum atomic E-state index is 0.212. The average Bonchev–Trinajstić information content (AvgIpc) is 2.43. The number of benzene rings is 1. The van der Waals surface area contributed by atoms with Gasteiger partial charge in [-0.05, 0) is 39.9 Å². The summed E-state index contributed by atoms with van der Waals surface area (Å²) in [6, 6.07) is 8.75. The molecule has 0 amide bonds. The molecule has 0 aromatic heterocycles. The third-order valence-electron chi connectivity index (χ3n) is 3.40. The summed E-state index contributed by atoms with van der Waals surface area (Å²) < 4.78 is 5.85. The molecule has 0 aliphatic rings. The molecule has 1 rings (SSSR count). The van der Waals surface area contributed by atoms with Gasteiger partial charge < -0.3 is 15.0 Å². The van der Waals surface area contributed by atoms with Crippen molar-refractivity contribution in [1.82, 2.24) is 10.2 Å². The van der Waals surface area contributed by atoms with Crippen molar-refractivity contribution in [2.24, 2.45) is 0 Å².